The van der Waals surface area contributed by atoms with E-state index in [4.69, 9.17) is 0 Å². The maximum absolute atomic E-state index is 4.39. The van der Waals surface area contributed by atoms with E-state index in [0.29, 0.717) is 0 Å². The number of hydrogen-bond donors (Lipinski definition) is 0. The van der Waals surface area contributed by atoms with Gasteiger partial charge in [0.15, 0.2) is 0 Å². The van der Waals surface area contributed by atoms with Gasteiger partial charge in [0.1, 0.15) is 0 Å². The Balaban J connectivity index is 0.000000167. The van der Waals surface area contributed by atoms with Crippen LogP contribution in [0.3, 0.4) is 0 Å². The Morgan fingerprint density at radius 3 is 2.11 bits per heavy atom. The van der Waals surface area contributed by atoms with Crippen LogP contribution in [0.4, 0.5) is 0 Å². The van der Waals surface area contributed by atoms with Crippen molar-refractivity contribution in [2.24, 2.45) is 0 Å². The number of rotatable bonds is 2. The molecule has 0 spiro atoms. The second-order valence-electron chi connectivity index (χ2n) is 9.49. The van der Waals surface area contributed by atoms with Crippen LogP contribution in [0.2, 0.25) is 0 Å². The average Bonchev–Trinajstić information content (AvgIpc) is 3.24. The molecule has 3 heteroatoms. The number of hydrogen-bond acceptors (Lipinski definition) is 1. The molecule has 0 fully saturated rings. The van der Waals surface area contributed by atoms with Crippen LogP contribution in [0.1, 0.15) is 26.3 Å². The number of fused-ring (bicyclic) bond motifs is 3. The largest absolute Gasteiger partial charge is 0.358 e. The quantitative estimate of drug-likeness (QED) is 0.174. The smallest absolute Gasteiger partial charge is 0.0375 e. The minimum Gasteiger partial charge on any atom is -0.358 e. The van der Waals surface area contributed by atoms with Crippen LogP contribution >= 0.6 is 0 Å². The van der Waals surface area contributed by atoms with Gasteiger partial charge in [0, 0.05) is 32.8 Å². The summed E-state index contributed by atoms with van der Waals surface area (Å²) in [6.07, 6.45) is 1.87. The van der Waals surface area contributed by atoms with Gasteiger partial charge in [-0.15, -0.1) is 47.3 Å². The standard InChI is InChI=1S/C18H11N.C15H16N.Pt/c1-2-8-14(9-3-1)19-17-12-6-4-10-15(17)16-11-5-7-13-18(16)19;1-15(2,3)13-9-10-16-14(11-13)12-7-5-4-6-8-12;/h1-8,10-12H;4-7,9-11H,1-3H3;/q-2;-1;. The van der Waals surface area contributed by atoms with Crippen LogP contribution in [-0.2, 0) is 26.5 Å². The summed E-state index contributed by atoms with van der Waals surface area (Å²) in [7, 11) is 0. The molecule has 0 saturated carbocycles. The molecular formula is C33H27N2Pt-3. The fraction of sp³-hybridized carbons (Fsp3) is 0.121. The maximum Gasteiger partial charge on any atom is 0.0375 e. The Morgan fingerprint density at radius 2 is 1.39 bits per heavy atom. The number of pyridine rings is 1. The van der Waals surface area contributed by atoms with Gasteiger partial charge < -0.3 is 9.55 Å². The van der Waals surface area contributed by atoms with Crippen molar-refractivity contribution in [2.45, 2.75) is 26.2 Å². The Bertz CT molecular complexity index is 1510. The van der Waals surface area contributed by atoms with Gasteiger partial charge in [0.2, 0.25) is 0 Å². The Kier molecular flexibility index (Phi) is 7.87. The Hall–Kier alpha value is -3.48. The van der Waals surface area contributed by atoms with Gasteiger partial charge in [-0.05, 0) is 34.2 Å². The van der Waals surface area contributed by atoms with Crippen molar-refractivity contribution in [3.8, 4) is 16.9 Å². The van der Waals surface area contributed by atoms with Gasteiger partial charge in [0.05, 0.1) is 0 Å². The van der Waals surface area contributed by atoms with Crippen molar-refractivity contribution in [1.82, 2.24) is 9.55 Å². The third-order valence-corrected chi connectivity index (χ3v) is 6.04. The summed E-state index contributed by atoms with van der Waals surface area (Å²) in [6, 6.07) is 44.6. The molecule has 4 aromatic carbocycles. The van der Waals surface area contributed by atoms with E-state index in [1.54, 1.807) is 0 Å². The number of para-hydroxylation sites is 3. The topological polar surface area (TPSA) is 17.8 Å². The summed E-state index contributed by atoms with van der Waals surface area (Å²) in [5.74, 6) is 0. The molecule has 0 N–H and O–H groups in total. The number of nitrogens with zero attached hydrogens (tertiary/aromatic N) is 2. The van der Waals surface area contributed by atoms with Gasteiger partial charge in [-0.3, -0.25) is 0 Å². The van der Waals surface area contributed by atoms with E-state index < -0.39 is 0 Å². The predicted octanol–water partition coefficient (Wildman–Crippen LogP) is 8.23. The summed E-state index contributed by atoms with van der Waals surface area (Å²) >= 11 is 0. The normalized spacial score (nSPS) is 11.0. The van der Waals surface area contributed by atoms with Gasteiger partial charge in [-0.25, -0.2) is 0 Å². The monoisotopic (exact) mass is 646 g/mol. The molecule has 0 unspecified atom stereocenters. The fourth-order valence-electron chi connectivity index (χ4n) is 4.22. The summed E-state index contributed by atoms with van der Waals surface area (Å²) in [6.45, 7) is 6.63. The molecule has 0 bridgehead atoms. The van der Waals surface area contributed by atoms with E-state index in [-0.39, 0.29) is 26.5 Å². The molecule has 2 heterocycles. The molecule has 0 amide bonds. The predicted molar refractivity (Wildman–Crippen MR) is 146 cm³/mol. The SMILES string of the molecule is CC(C)(C)c1ccnc(-c2[c-]cccc2)c1.[Pt].[c-]1ccccc1-n1c2[c-]cccc2c2ccccc21. The minimum atomic E-state index is 0. The van der Waals surface area contributed by atoms with Crippen molar-refractivity contribution in [2.75, 3.05) is 0 Å². The van der Waals surface area contributed by atoms with Crippen LogP contribution in [0.25, 0.3) is 38.8 Å². The molecular weight excluding hydrogens is 619 g/mol. The number of benzene rings is 4. The molecule has 0 radical (unpaired) electrons. The summed E-state index contributed by atoms with van der Waals surface area (Å²) < 4.78 is 2.21. The first kappa shape index (κ1) is 25.6. The molecule has 2 nitrogen and oxygen atoms in total. The second kappa shape index (κ2) is 11.1. The van der Waals surface area contributed by atoms with Crippen molar-refractivity contribution < 1.29 is 21.1 Å². The first-order chi connectivity index (χ1) is 17.0. The van der Waals surface area contributed by atoms with Gasteiger partial charge >= 0.3 is 0 Å². The van der Waals surface area contributed by atoms with Gasteiger partial charge in [0.25, 0.3) is 0 Å². The first-order valence-electron chi connectivity index (χ1n) is 11.8. The van der Waals surface area contributed by atoms with Crippen molar-refractivity contribution in [1.29, 1.82) is 0 Å². The van der Waals surface area contributed by atoms with Gasteiger partial charge in [-0.1, -0.05) is 56.2 Å². The molecule has 0 atom stereocenters. The molecule has 36 heavy (non-hydrogen) atoms. The average molecular weight is 647 g/mol. The van der Waals surface area contributed by atoms with E-state index in [1.807, 2.05) is 60.8 Å². The first-order valence-corrected chi connectivity index (χ1v) is 11.8. The minimum absolute atomic E-state index is 0. The summed E-state index contributed by atoms with van der Waals surface area (Å²) in [4.78, 5) is 4.39. The van der Waals surface area contributed by atoms with E-state index in [0.717, 1.165) is 22.5 Å². The summed E-state index contributed by atoms with van der Waals surface area (Å²) in [5.41, 5.74) is 6.85. The third kappa shape index (κ3) is 5.35. The molecule has 0 aliphatic carbocycles. The van der Waals surface area contributed by atoms with Crippen molar-refractivity contribution >= 4 is 21.8 Å². The molecule has 0 saturated heterocycles. The van der Waals surface area contributed by atoms with E-state index >= 15 is 0 Å². The van der Waals surface area contributed by atoms with Crippen LogP contribution in [0.5, 0.6) is 0 Å². The molecule has 2 aromatic heterocycles. The van der Waals surface area contributed by atoms with E-state index in [2.05, 4.69) is 97.1 Å². The van der Waals surface area contributed by atoms with E-state index in [9.17, 15) is 0 Å². The van der Waals surface area contributed by atoms with Crippen molar-refractivity contribution in [3.05, 3.63) is 133 Å². The Labute approximate surface area is 227 Å². The van der Waals surface area contributed by atoms with Crippen molar-refractivity contribution in [3.63, 3.8) is 0 Å². The zero-order valence-electron chi connectivity index (χ0n) is 20.6. The van der Waals surface area contributed by atoms with Crippen LogP contribution in [-0.4, -0.2) is 9.55 Å². The molecule has 0 aliphatic rings. The fourth-order valence-corrected chi connectivity index (χ4v) is 4.22. The van der Waals surface area contributed by atoms with Crippen LogP contribution < -0.4 is 0 Å². The molecule has 0 aliphatic heterocycles. The molecule has 182 valence electrons. The molecule has 6 rings (SSSR count). The van der Waals surface area contributed by atoms with Gasteiger partial charge in [-0.2, -0.15) is 48.5 Å². The zero-order valence-corrected chi connectivity index (χ0v) is 22.9. The number of aromatic nitrogens is 2. The zero-order chi connectivity index (χ0) is 24.3. The molecule has 6 aromatic rings. The van der Waals surface area contributed by atoms with Crippen LogP contribution in [0.15, 0.2) is 109 Å². The third-order valence-electron chi connectivity index (χ3n) is 6.04. The maximum atomic E-state index is 4.39. The van der Waals surface area contributed by atoms with E-state index in [1.165, 1.54) is 21.9 Å². The van der Waals surface area contributed by atoms with Crippen LogP contribution in [0, 0.1) is 18.2 Å². The summed E-state index contributed by atoms with van der Waals surface area (Å²) in [5, 5.41) is 2.49. The Morgan fingerprint density at radius 1 is 0.694 bits per heavy atom. The second-order valence-corrected chi connectivity index (χ2v) is 9.49.